The summed E-state index contributed by atoms with van der Waals surface area (Å²) >= 11 is 5.85. The molecule has 0 fully saturated rings. The van der Waals surface area contributed by atoms with E-state index < -0.39 is 5.91 Å². The summed E-state index contributed by atoms with van der Waals surface area (Å²) in [6.07, 6.45) is 3.78. The minimum atomic E-state index is -0.458. The molecular weight excluding hydrogens is 258 g/mol. The van der Waals surface area contributed by atoms with Crippen LogP contribution < -0.4 is 10.1 Å². The first-order chi connectivity index (χ1) is 8.70. The van der Waals surface area contributed by atoms with Crippen LogP contribution in [-0.2, 0) is 14.3 Å². The van der Waals surface area contributed by atoms with Gasteiger partial charge in [0.05, 0.1) is 12.8 Å². The first kappa shape index (κ1) is 12.3. The number of rotatable bonds is 3. The van der Waals surface area contributed by atoms with Crippen molar-refractivity contribution in [1.82, 2.24) is 0 Å². The number of carbonyl (C=O) groups excluding carboxylic acids is 1. The van der Waals surface area contributed by atoms with Gasteiger partial charge in [-0.2, -0.15) is 0 Å². The molecule has 1 aromatic carbocycles. The van der Waals surface area contributed by atoms with Gasteiger partial charge in [0.2, 0.25) is 5.76 Å². The van der Waals surface area contributed by atoms with Crippen molar-refractivity contribution < 1.29 is 19.0 Å². The standard InChI is InChI=1S/C12H10ClNO4/c1-16-10-3-2-8(13)6-9(10)14-12(15)11-7-17-4-5-18-11/h2-7H,1H3,(H,14,15). The Morgan fingerprint density at radius 1 is 1.39 bits per heavy atom. The van der Waals surface area contributed by atoms with Gasteiger partial charge in [0.25, 0.3) is 5.91 Å². The summed E-state index contributed by atoms with van der Waals surface area (Å²) in [5.41, 5.74) is 0.453. The topological polar surface area (TPSA) is 56.8 Å². The highest BCUT2D eigenvalue weighted by molar-refractivity contribution is 6.31. The highest BCUT2D eigenvalue weighted by atomic mass is 35.5. The molecule has 1 amide bonds. The molecule has 6 heteroatoms. The van der Waals surface area contributed by atoms with E-state index in [2.05, 4.69) is 5.32 Å². The van der Waals surface area contributed by atoms with Crippen molar-refractivity contribution >= 4 is 23.2 Å². The molecule has 1 N–H and O–H groups in total. The minimum Gasteiger partial charge on any atom is -0.495 e. The van der Waals surface area contributed by atoms with Crippen LogP contribution in [0.5, 0.6) is 5.75 Å². The van der Waals surface area contributed by atoms with Gasteiger partial charge in [0.1, 0.15) is 24.5 Å². The number of carbonyl (C=O) groups is 1. The smallest absolute Gasteiger partial charge is 0.294 e. The van der Waals surface area contributed by atoms with Crippen LogP contribution >= 0.6 is 11.6 Å². The minimum absolute atomic E-state index is 0.0412. The summed E-state index contributed by atoms with van der Waals surface area (Å²) < 4.78 is 14.9. The second-order valence-corrected chi connectivity index (χ2v) is 3.74. The zero-order valence-corrected chi connectivity index (χ0v) is 10.2. The van der Waals surface area contributed by atoms with Gasteiger partial charge < -0.3 is 19.5 Å². The van der Waals surface area contributed by atoms with E-state index >= 15 is 0 Å². The third-order valence-corrected chi connectivity index (χ3v) is 2.37. The number of amides is 1. The molecule has 5 nitrogen and oxygen atoms in total. The molecule has 0 bridgehead atoms. The first-order valence-electron chi connectivity index (χ1n) is 5.03. The largest absolute Gasteiger partial charge is 0.495 e. The SMILES string of the molecule is COc1ccc(Cl)cc1NC(=O)C1=COC=CO1. The molecule has 1 aliphatic heterocycles. The molecule has 0 aromatic heterocycles. The molecule has 1 aliphatic rings. The van der Waals surface area contributed by atoms with Crippen LogP contribution in [0.3, 0.4) is 0 Å². The van der Waals surface area contributed by atoms with Gasteiger partial charge >= 0.3 is 0 Å². The van der Waals surface area contributed by atoms with Crippen LogP contribution in [0.15, 0.2) is 42.7 Å². The Morgan fingerprint density at radius 2 is 2.22 bits per heavy atom. The van der Waals surface area contributed by atoms with Crippen molar-refractivity contribution in [2.24, 2.45) is 0 Å². The molecule has 0 saturated heterocycles. The highest BCUT2D eigenvalue weighted by Crippen LogP contribution is 2.28. The summed E-state index contributed by atoms with van der Waals surface area (Å²) in [4.78, 5) is 11.8. The van der Waals surface area contributed by atoms with Crippen LogP contribution in [0.25, 0.3) is 0 Å². The average molecular weight is 268 g/mol. The number of methoxy groups -OCH3 is 1. The molecule has 0 unspecified atom stereocenters. The van der Waals surface area contributed by atoms with Gasteiger partial charge in [-0.1, -0.05) is 11.6 Å². The predicted molar refractivity (Wildman–Crippen MR) is 66.0 cm³/mol. The Hall–Kier alpha value is -2.14. The molecule has 0 saturated carbocycles. The van der Waals surface area contributed by atoms with E-state index in [4.69, 9.17) is 25.8 Å². The second kappa shape index (κ2) is 5.46. The Morgan fingerprint density at radius 3 is 2.89 bits per heavy atom. The van der Waals surface area contributed by atoms with Crippen molar-refractivity contribution in [3.05, 3.63) is 47.8 Å². The maximum atomic E-state index is 11.8. The summed E-state index contributed by atoms with van der Waals surface area (Å²) in [7, 11) is 1.50. The van der Waals surface area contributed by atoms with Crippen LogP contribution in [-0.4, -0.2) is 13.0 Å². The zero-order chi connectivity index (χ0) is 13.0. The Kier molecular flexibility index (Phi) is 3.74. The maximum Gasteiger partial charge on any atom is 0.294 e. The Balaban J connectivity index is 2.15. The molecule has 1 aromatic rings. The lowest BCUT2D eigenvalue weighted by Crippen LogP contribution is -2.17. The second-order valence-electron chi connectivity index (χ2n) is 3.31. The van der Waals surface area contributed by atoms with E-state index in [9.17, 15) is 4.79 Å². The number of benzene rings is 1. The fourth-order valence-corrected chi connectivity index (χ4v) is 1.50. The van der Waals surface area contributed by atoms with Crippen LogP contribution in [0.1, 0.15) is 0 Å². The summed E-state index contributed by atoms with van der Waals surface area (Å²) in [5, 5.41) is 3.10. The third-order valence-electron chi connectivity index (χ3n) is 2.14. The summed E-state index contributed by atoms with van der Waals surface area (Å²) in [6.45, 7) is 0. The molecule has 0 aliphatic carbocycles. The Labute approximate surface area is 109 Å². The lowest BCUT2D eigenvalue weighted by molar-refractivity contribution is -0.115. The van der Waals surface area contributed by atoms with Gasteiger partial charge in [-0.05, 0) is 18.2 Å². The number of anilines is 1. The molecular formula is C12H10ClNO4. The monoisotopic (exact) mass is 267 g/mol. The van der Waals surface area contributed by atoms with Crippen LogP contribution in [0.4, 0.5) is 5.69 Å². The van der Waals surface area contributed by atoms with Gasteiger partial charge in [0.15, 0.2) is 0 Å². The fraction of sp³-hybridized carbons (Fsp3) is 0.0833. The zero-order valence-electron chi connectivity index (χ0n) is 9.48. The van der Waals surface area contributed by atoms with E-state index in [1.807, 2.05) is 0 Å². The Bertz CT molecular complexity index is 525. The fourth-order valence-electron chi connectivity index (χ4n) is 1.33. The molecule has 0 atom stereocenters. The molecule has 94 valence electrons. The van der Waals surface area contributed by atoms with E-state index in [1.54, 1.807) is 18.2 Å². The molecule has 18 heavy (non-hydrogen) atoms. The number of hydrogen-bond acceptors (Lipinski definition) is 4. The number of hydrogen-bond donors (Lipinski definition) is 1. The molecule has 2 rings (SSSR count). The van der Waals surface area contributed by atoms with Crippen molar-refractivity contribution in [1.29, 1.82) is 0 Å². The van der Waals surface area contributed by atoms with E-state index in [0.717, 1.165) is 0 Å². The predicted octanol–water partition coefficient (Wildman–Crippen LogP) is 2.65. The van der Waals surface area contributed by atoms with Gasteiger partial charge in [0, 0.05) is 5.02 Å². The highest BCUT2D eigenvalue weighted by Gasteiger charge is 2.15. The first-order valence-corrected chi connectivity index (χ1v) is 5.40. The third kappa shape index (κ3) is 2.75. The van der Waals surface area contributed by atoms with Crippen molar-refractivity contribution in [3.8, 4) is 5.75 Å². The van der Waals surface area contributed by atoms with E-state index in [1.165, 1.54) is 25.9 Å². The molecule has 1 heterocycles. The molecule has 0 spiro atoms. The number of ether oxygens (including phenoxy) is 3. The van der Waals surface area contributed by atoms with Gasteiger partial charge in [-0.3, -0.25) is 4.79 Å². The number of nitrogens with one attached hydrogen (secondary N) is 1. The van der Waals surface area contributed by atoms with Crippen molar-refractivity contribution in [3.63, 3.8) is 0 Å². The lowest BCUT2D eigenvalue weighted by Gasteiger charge is -2.12. The average Bonchev–Trinajstić information content (AvgIpc) is 2.40. The normalized spacial score (nSPS) is 13.1. The lowest BCUT2D eigenvalue weighted by atomic mass is 10.3. The summed E-state index contributed by atoms with van der Waals surface area (Å²) in [6, 6.07) is 4.90. The molecule has 0 radical (unpaired) electrons. The number of halogens is 1. The van der Waals surface area contributed by atoms with E-state index in [-0.39, 0.29) is 5.76 Å². The van der Waals surface area contributed by atoms with Gasteiger partial charge in [-0.25, -0.2) is 0 Å². The van der Waals surface area contributed by atoms with Crippen LogP contribution in [0, 0.1) is 0 Å². The van der Waals surface area contributed by atoms with Crippen molar-refractivity contribution in [2.45, 2.75) is 0 Å². The summed E-state index contributed by atoms with van der Waals surface area (Å²) in [5.74, 6) is 0.0834. The maximum absolute atomic E-state index is 11.8. The quantitative estimate of drug-likeness (QED) is 0.915. The van der Waals surface area contributed by atoms with Crippen LogP contribution in [0.2, 0.25) is 5.02 Å². The van der Waals surface area contributed by atoms with Gasteiger partial charge in [-0.15, -0.1) is 0 Å². The van der Waals surface area contributed by atoms with E-state index in [0.29, 0.717) is 16.5 Å². The van der Waals surface area contributed by atoms with Crippen molar-refractivity contribution in [2.75, 3.05) is 12.4 Å².